The van der Waals surface area contributed by atoms with Gasteiger partial charge < -0.3 is 0 Å². The van der Waals surface area contributed by atoms with Crippen LogP contribution in [0.4, 0.5) is 0 Å². The van der Waals surface area contributed by atoms with E-state index in [0.717, 1.165) is 0 Å². The van der Waals surface area contributed by atoms with Gasteiger partial charge in [-0.05, 0) is 117 Å². The Morgan fingerprint density at radius 3 is 1.51 bits per heavy atom. The Morgan fingerprint density at radius 2 is 0.796 bits per heavy atom. The third-order valence-corrected chi connectivity index (χ3v) is 11.0. The van der Waals surface area contributed by atoms with Crippen LogP contribution in [-0.2, 0) is 5.41 Å². The van der Waals surface area contributed by atoms with Crippen LogP contribution < -0.4 is 0 Å². The summed E-state index contributed by atoms with van der Waals surface area (Å²) in [5.41, 5.74) is 13.1. The summed E-state index contributed by atoms with van der Waals surface area (Å²) in [5.74, 6) is 0. The van der Waals surface area contributed by atoms with Crippen molar-refractivity contribution in [1.29, 1.82) is 0 Å². The fraction of sp³-hybridized carbons (Fsp3) is 0.0612. The minimum absolute atomic E-state index is 0.0119. The molecule has 0 amide bonds. The Kier molecular flexibility index (Phi) is 6.02. The van der Waals surface area contributed by atoms with E-state index in [1.807, 2.05) is 0 Å². The predicted molar refractivity (Wildman–Crippen MR) is 210 cm³/mol. The third-order valence-electron chi connectivity index (χ3n) is 11.0. The highest BCUT2D eigenvalue weighted by Crippen LogP contribution is 2.51. The second-order valence-corrected chi connectivity index (χ2v) is 14.1. The van der Waals surface area contributed by atoms with E-state index < -0.39 is 0 Å². The number of fused-ring (bicyclic) bond motifs is 7. The van der Waals surface area contributed by atoms with Gasteiger partial charge in [0.15, 0.2) is 0 Å². The average Bonchev–Trinajstić information content (AvgIpc) is 3.38. The van der Waals surface area contributed by atoms with Gasteiger partial charge in [0, 0.05) is 5.41 Å². The highest BCUT2D eigenvalue weighted by atomic mass is 14.4. The molecule has 0 saturated heterocycles. The van der Waals surface area contributed by atoms with Crippen LogP contribution in [0.3, 0.4) is 0 Å². The van der Waals surface area contributed by atoms with E-state index in [2.05, 4.69) is 184 Å². The Bertz CT molecular complexity index is 2730. The zero-order valence-electron chi connectivity index (χ0n) is 27.7. The Labute approximate surface area is 286 Å². The molecular weight excluding hydrogens is 589 g/mol. The van der Waals surface area contributed by atoms with Crippen molar-refractivity contribution in [3.05, 3.63) is 181 Å². The van der Waals surface area contributed by atoms with Crippen LogP contribution in [0, 0.1) is 0 Å². The van der Waals surface area contributed by atoms with E-state index in [4.69, 9.17) is 0 Å². The minimum atomic E-state index is -0.0119. The molecule has 0 nitrogen and oxygen atoms in total. The van der Waals surface area contributed by atoms with Gasteiger partial charge in [0.1, 0.15) is 0 Å². The first-order chi connectivity index (χ1) is 24.1. The molecule has 0 N–H and O–H groups in total. The summed E-state index contributed by atoms with van der Waals surface area (Å²) in [6.45, 7) is 4.71. The van der Waals surface area contributed by atoms with Crippen LogP contribution in [0.25, 0.3) is 87.6 Å². The van der Waals surface area contributed by atoms with Crippen LogP contribution in [0.5, 0.6) is 0 Å². The van der Waals surface area contributed by atoms with Gasteiger partial charge in [-0.1, -0.05) is 166 Å². The first kappa shape index (κ1) is 28.1. The summed E-state index contributed by atoms with van der Waals surface area (Å²) in [6, 6.07) is 63.2. The van der Waals surface area contributed by atoms with Gasteiger partial charge in [-0.2, -0.15) is 0 Å². The quantitative estimate of drug-likeness (QED) is 0.172. The molecule has 0 spiro atoms. The summed E-state index contributed by atoms with van der Waals surface area (Å²) < 4.78 is 0. The highest BCUT2D eigenvalue weighted by Gasteiger charge is 2.35. The maximum absolute atomic E-state index is 2.45. The van der Waals surface area contributed by atoms with Gasteiger partial charge in [0.05, 0.1) is 0 Å². The van der Waals surface area contributed by atoms with E-state index in [0.29, 0.717) is 0 Å². The van der Waals surface area contributed by atoms with Gasteiger partial charge in [0.2, 0.25) is 0 Å². The minimum Gasteiger partial charge on any atom is -0.0619 e. The molecule has 230 valence electrons. The number of rotatable bonds is 3. The molecule has 9 aromatic carbocycles. The largest absolute Gasteiger partial charge is 0.0619 e. The zero-order valence-corrected chi connectivity index (χ0v) is 27.7. The van der Waals surface area contributed by atoms with Crippen molar-refractivity contribution >= 4 is 43.1 Å². The summed E-state index contributed by atoms with van der Waals surface area (Å²) >= 11 is 0. The fourth-order valence-electron chi connectivity index (χ4n) is 8.67. The Hall–Kier alpha value is -5.98. The van der Waals surface area contributed by atoms with E-state index >= 15 is 0 Å². The SMILES string of the molecule is CC1(C)c2ccccc2-c2cc(-c3c4ccccc4c(-c4ccc5ccc(-c6cccc7ccccc67)cc5c4)c4ccccc34)ccc21. The molecule has 0 saturated carbocycles. The van der Waals surface area contributed by atoms with Crippen molar-refractivity contribution < 1.29 is 0 Å². The second kappa shape index (κ2) is 10.5. The van der Waals surface area contributed by atoms with E-state index in [1.165, 1.54) is 98.7 Å². The monoisotopic (exact) mass is 622 g/mol. The Morgan fingerprint density at radius 1 is 0.306 bits per heavy atom. The molecule has 1 aliphatic carbocycles. The van der Waals surface area contributed by atoms with Gasteiger partial charge >= 0.3 is 0 Å². The predicted octanol–water partition coefficient (Wildman–Crippen LogP) is 13.6. The van der Waals surface area contributed by atoms with Crippen LogP contribution in [-0.4, -0.2) is 0 Å². The number of hydrogen-bond donors (Lipinski definition) is 0. The van der Waals surface area contributed by atoms with Crippen LogP contribution in [0.1, 0.15) is 25.0 Å². The topological polar surface area (TPSA) is 0 Å². The summed E-state index contributed by atoms with van der Waals surface area (Å²) in [4.78, 5) is 0. The lowest BCUT2D eigenvalue weighted by Crippen LogP contribution is -2.14. The molecule has 0 fully saturated rings. The van der Waals surface area contributed by atoms with Crippen molar-refractivity contribution in [2.75, 3.05) is 0 Å². The van der Waals surface area contributed by atoms with Gasteiger partial charge in [0.25, 0.3) is 0 Å². The summed E-state index contributed by atoms with van der Waals surface area (Å²) in [5, 5.41) is 10.2. The molecule has 0 heterocycles. The van der Waals surface area contributed by atoms with Gasteiger partial charge in [-0.15, -0.1) is 0 Å². The Balaban J connectivity index is 1.20. The molecule has 10 rings (SSSR count). The maximum Gasteiger partial charge on any atom is 0.0158 e. The third kappa shape index (κ3) is 4.17. The van der Waals surface area contributed by atoms with Gasteiger partial charge in [-0.25, -0.2) is 0 Å². The molecule has 0 unspecified atom stereocenters. The fourth-order valence-corrected chi connectivity index (χ4v) is 8.67. The molecule has 0 atom stereocenters. The summed E-state index contributed by atoms with van der Waals surface area (Å²) in [6.07, 6.45) is 0. The van der Waals surface area contributed by atoms with Crippen molar-refractivity contribution in [2.45, 2.75) is 19.3 Å². The molecule has 0 aliphatic heterocycles. The normalized spacial score (nSPS) is 13.3. The number of benzene rings is 9. The number of hydrogen-bond acceptors (Lipinski definition) is 0. The van der Waals surface area contributed by atoms with Crippen molar-refractivity contribution in [2.24, 2.45) is 0 Å². The highest BCUT2D eigenvalue weighted by molar-refractivity contribution is 6.22. The maximum atomic E-state index is 2.45. The van der Waals surface area contributed by atoms with Gasteiger partial charge in [-0.3, -0.25) is 0 Å². The molecule has 49 heavy (non-hydrogen) atoms. The molecule has 1 aliphatic rings. The lowest BCUT2D eigenvalue weighted by Gasteiger charge is -2.22. The average molecular weight is 623 g/mol. The zero-order chi connectivity index (χ0) is 32.7. The van der Waals surface area contributed by atoms with Crippen molar-refractivity contribution in [3.8, 4) is 44.5 Å². The van der Waals surface area contributed by atoms with Crippen molar-refractivity contribution in [1.82, 2.24) is 0 Å². The van der Waals surface area contributed by atoms with E-state index in [1.54, 1.807) is 0 Å². The van der Waals surface area contributed by atoms with E-state index in [-0.39, 0.29) is 5.41 Å². The summed E-state index contributed by atoms with van der Waals surface area (Å²) in [7, 11) is 0. The molecular formula is C49H34. The standard InChI is InChI=1S/C49H34/c1-49(2)45-21-10-9-15-39(45)44-30-35(26-27-46(44)49)48-42-18-7-5-16-40(42)47(41-17-6-8-19-43(41)48)34-25-23-31-22-24-33(28-36(31)29-34)38-20-11-13-32-12-3-4-14-37(32)38/h3-30H,1-2H3. The molecule has 9 aromatic rings. The second-order valence-electron chi connectivity index (χ2n) is 14.1. The first-order valence-corrected chi connectivity index (χ1v) is 17.3. The molecule has 0 aromatic heterocycles. The molecule has 0 radical (unpaired) electrons. The van der Waals surface area contributed by atoms with Crippen molar-refractivity contribution in [3.63, 3.8) is 0 Å². The van der Waals surface area contributed by atoms with Crippen LogP contribution >= 0.6 is 0 Å². The lowest BCUT2D eigenvalue weighted by molar-refractivity contribution is 0.660. The smallest absolute Gasteiger partial charge is 0.0158 e. The first-order valence-electron chi connectivity index (χ1n) is 17.3. The van der Waals surface area contributed by atoms with Crippen LogP contribution in [0.2, 0.25) is 0 Å². The molecule has 0 bridgehead atoms. The lowest BCUT2D eigenvalue weighted by atomic mass is 9.81. The molecule has 0 heteroatoms. The van der Waals surface area contributed by atoms with Crippen LogP contribution in [0.15, 0.2) is 170 Å². The van der Waals surface area contributed by atoms with E-state index in [9.17, 15) is 0 Å².